The van der Waals surface area contributed by atoms with E-state index in [0.717, 1.165) is 37.3 Å². The van der Waals surface area contributed by atoms with E-state index < -0.39 is 8.56 Å². The van der Waals surface area contributed by atoms with Gasteiger partial charge in [-0.3, -0.25) is 0 Å². The van der Waals surface area contributed by atoms with E-state index in [4.69, 9.17) is 32.5 Å². The molecule has 0 radical (unpaired) electrons. The highest BCUT2D eigenvalue weighted by molar-refractivity contribution is 7.80. The van der Waals surface area contributed by atoms with Crippen molar-refractivity contribution in [3.63, 3.8) is 0 Å². The van der Waals surface area contributed by atoms with Crippen molar-refractivity contribution in [1.82, 2.24) is 0 Å². The van der Waals surface area contributed by atoms with Crippen LogP contribution in [0.2, 0.25) is 12.1 Å². The molecular formula is C41H86O7SSi. The molecule has 0 aromatic carbocycles. The summed E-state index contributed by atoms with van der Waals surface area (Å²) in [6, 6.07) is 2.09. The molecule has 0 aromatic heterocycles. The van der Waals surface area contributed by atoms with E-state index in [0.29, 0.717) is 72.7 Å². The highest BCUT2D eigenvalue weighted by Gasteiger charge is 2.36. The Kier molecular flexibility index (Phi) is 43.9. The normalized spacial score (nSPS) is 13.0. The average Bonchev–Trinajstić information content (AvgIpc) is 3.12. The Morgan fingerprint density at radius 1 is 0.320 bits per heavy atom. The molecule has 0 heterocycles. The fraction of sp³-hybridized carbons (Fsp3) is 1.00. The summed E-state index contributed by atoms with van der Waals surface area (Å²) < 4.78 is 41.2. The highest BCUT2D eigenvalue weighted by atomic mass is 32.1. The molecule has 0 bridgehead atoms. The maximum Gasteiger partial charge on any atom is 0.338 e. The van der Waals surface area contributed by atoms with E-state index in [-0.39, 0.29) is 0 Å². The van der Waals surface area contributed by atoms with Crippen LogP contribution in [0.15, 0.2) is 0 Å². The molecule has 0 fully saturated rings. The predicted octanol–water partition coefficient (Wildman–Crippen LogP) is 11.5. The van der Waals surface area contributed by atoms with Gasteiger partial charge in [0.1, 0.15) is 0 Å². The molecule has 1 atom stereocenters. The minimum Gasteiger partial charge on any atom is -0.394 e. The molecule has 302 valence electrons. The summed E-state index contributed by atoms with van der Waals surface area (Å²) in [5.74, 6) is 0.877. The van der Waals surface area contributed by atoms with Crippen LogP contribution in [0.25, 0.3) is 0 Å². The van der Waals surface area contributed by atoms with Gasteiger partial charge in [-0.25, -0.2) is 0 Å². The van der Waals surface area contributed by atoms with E-state index >= 15 is 0 Å². The van der Waals surface area contributed by atoms with E-state index in [9.17, 15) is 0 Å². The summed E-state index contributed by atoms with van der Waals surface area (Å²) >= 11 is 4.47. The van der Waals surface area contributed by atoms with Gasteiger partial charge < -0.3 is 32.5 Å². The standard InChI is InChI=1S/C41H86O7SSi/c1-4-7-9-11-13-15-17-19-21-23-25-28-42-29-30-43-31-32-44-33-34-45-35-36-46-37-38-48-50(47-6-3,41-27-39-49)40-26-24-22-20-18-16-14-12-10-8-5-2/h49H,4-41H2,1-3H3. The second-order valence-corrected chi connectivity index (χ2v) is 17.7. The van der Waals surface area contributed by atoms with Crippen LogP contribution in [-0.4, -0.2) is 93.6 Å². The maximum atomic E-state index is 6.50. The van der Waals surface area contributed by atoms with Crippen LogP contribution in [0.1, 0.15) is 168 Å². The molecular weight excluding hydrogens is 665 g/mol. The minimum absolute atomic E-state index is 0.558. The topological polar surface area (TPSA) is 64.6 Å². The lowest BCUT2D eigenvalue weighted by molar-refractivity contribution is -0.0137. The fourth-order valence-corrected chi connectivity index (χ4v) is 10.1. The van der Waals surface area contributed by atoms with Gasteiger partial charge in [-0.15, -0.1) is 0 Å². The molecule has 0 saturated heterocycles. The minimum atomic E-state index is -2.23. The summed E-state index contributed by atoms with van der Waals surface area (Å²) in [5.41, 5.74) is 0. The Labute approximate surface area is 318 Å². The van der Waals surface area contributed by atoms with Gasteiger partial charge in [0.2, 0.25) is 0 Å². The van der Waals surface area contributed by atoms with Crippen molar-refractivity contribution < 1.29 is 32.5 Å². The lowest BCUT2D eigenvalue weighted by Crippen LogP contribution is -2.43. The Hall–Kier alpha value is 0.287. The first-order valence-electron chi connectivity index (χ1n) is 21.5. The smallest absolute Gasteiger partial charge is 0.338 e. The molecule has 0 aliphatic rings. The summed E-state index contributed by atoms with van der Waals surface area (Å²) in [7, 11) is -2.23. The number of thiol groups is 1. The van der Waals surface area contributed by atoms with Gasteiger partial charge in [0, 0.05) is 13.2 Å². The zero-order valence-corrected chi connectivity index (χ0v) is 35.6. The van der Waals surface area contributed by atoms with E-state index in [1.807, 2.05) is 0 Å². The second-order valence-electron chi connectivity index (χ2n) is 13.9. The van der Waals surface area contributed by atoms with Crippen LogP contribution < -0.4 is 0 Å². The lowest BCUT2D eigenvalue weighted by Gasteiger charge is -2.30. The molecule has 0 rings (SSSR count). The fourth-order valence-electron chi connectivity index (χ4n) is 6.26. The molecule has 0 aromatic rings. The lowest BCUT2D eigenvalue weighted by atomic mass is 10.1. The summed E-state index contributed by atoms with van der Waals surface area (Å²) in [5, 5.41) is 0. The summed E-state index contributed by atoms with van der Waals surface area (Å²) in [6.45, 7) is 14.1. The van der Waals surface area contributed by atoms with Crippen LogP contribution in [0.3, 0.4) is 0 Å². The Morgan fingerprint density at radius 2 is 0.640 bits per heavy atom. The van der Waals surface area contributed by atoms with Crippen molar-refractivity contribution in [2.45, 2.75) is 181 Å². The number of rotatable bonds is 45. The van der Waals surface area contributed by atoms with Gasteiger partial charge >= 0.3 is 8.56 Å². The summed E-state index contributed by atoms with van der Waals surface area (Å²) in [4.78, 5) is 0. The van der Waals surface area contributed by atoms with Crippen molar-refractivity contribution in [2.75, 3.05) is 85.0 Å². The van der Waals surface area contributed by atoms with Crippen LogP contribution in [0.4, 0.5) is 0 Å². The predicted molar refractivity (Wildman–Crippen MR) is 218 cm³/mol. The third kappa shape index (κ3) is 38.0. The van der Waals surface area contributed by atoms with E-state index in [1.165, 1.54) is 135 Å². The molecule has 50 heavy (non-hydrogen) atoms. The Morgan fingerprint density at radius 3 is 1.02 bits per heavy atom. The van der Waals surface area contributed by atoms with Gasteiger partial charge in [0.15, 0.2) is 0 Å². The third-order valence-electron chi connectivity index (χ3n) is 9.26. The van der Waals surface area contributed by atoms with Gasteiger partial charge in [-0.2, -0.15) is 12.6 Å². The molecule has 0 saturated carbocycles. The van der Waals surface area contributed by atoms with Crippen molar-refractivity contribution in [3.05, 3.63) is 0 Å². The average molecular weight is 751 g/mol. The number of hydrogen-bond donors (Lipinski definition) is 1. The van der Waals surface area contributed by atoms with Crippen LogP contribution in [0, 0.1) is 0 Å². The van der Waals surface area contributed by atoms with Crippen LogP contribution >= 0.6 is 12.6 Å². The van der Waals surface area contributed by atoms with Crippen molar-refractivity contribution in [1.29, 1.82) is 0 Å². The van der Waals surface area contributed by atoms with Gasteiger partial charge in [0.25, 0.3) is 0 Å². The van der Waals surface area contributed by atoms with Gasteiger partial charge in [0.05, 0.1) is 66.1 Å². The van der Waals surface area contributed by atoms with Crippen LogP contribution in [0.5, 0.6) is 0 Å². The first-order valence-corrected chi connectivity index (χ1v) is 24.4. The Balaban J connectivity index is 3.61. The third-order valence-corrected chi connectivity index (χ3v) is 13.3. The maximum absolute atomic E-state index is 6.50. The number of ether oxygens (including phenoxy) is 5. The second kappa shape index (κ2) is 43.7. The quantitative estimate of drug-likeness (QED) is 0.0378. The zero-order valence-electron chi connectivity index (χ0n) is 33.7. The molecule has 0 amide bonds. The molecule has 0 spiro atoms. The molecule has 0 aliphatic heterocycles. The first kappa shape index (κ1) is 50.3. The van der Waals surface area contributed by atoms with Crippen molar-refractivity contribution in [3.8, 4) is 0 Å². The highest BCUT2D eigenvalue weighted by Crippen LogP contribution is 2.25. The zero-order chi connectivity index (χ0) is 36.3. The SMILES string of the molecule is CCCCCCCCCCCCCOCCOCCOCCOCCOCCO[Si](CCCS)(CCCCCCCCCCCCC)OCC. The van der Waals surface area contributed by atoms with E-state index in [1.54, 1.807) is 0 Å². The molecule has 7 nitrogen and oxygen atoms in total. The molecule has 1 unspecified atom stereocenters. The number of unbranched alkanes of at least 4 members (excludes halogenated alkanes) is 20. The molecule has 9 heteroatoms. The monoisotopic (exact) mass is 751 g/mol. The molecule has 0 aliphatic carbocycles. The largest absolute Gasteiger partial charge is 0.394 e. The molecule has 0 N–H and O–H groups in total. The van der Waals surface area contributed by atoms with Crippen molar-refractivity contribution >= 4 is 21.2 Å². The van der Waals surface area contributed by atoms with Crippen molar-refractivity contribution in [2.24, 2.45) is 0 Å². The van der Waals surface area contributed by atoms with E-state index in [2.05, 4.69) is 33.4 Å². The van der Waals surface area contributed by atoms with Gasteiger partial charge in [-0.05, 0) is 37.6 Å². The van der Waals surface area contributed by atoms with Gasteiger partial charge in [-0.1, -0.05) is 149 Å². The first-order chi connectivity index (χ1) is 24.7. The summed E-state index contributed by atoms with van der Waals surface area (Å²) in [6.07, 6.45) is 30.9. The van der Waals surface area contributed by atoms with Crippen LogP contribution in [-0.2, 0) is 32.5 Å². The number of hydrogen-bond acceptors (Lipinski definition) is 8. The Bertz CT molecular complexity index is 621.